The number of nitrogens with zero attached hydrogens (tertiary/aromatic N) is 4. The van der Waals surface area contributed by atoms with Gasteiger partial charge in [-0.3, -0.25) is 19.6 Å². The third kappa shape index (κ3) is 3.24. The van der Waals surface area contributed by atoms with Crippen molar-refractivity contribution >= 4 is 23.5 Å². The van der Waals surface area contributed by atoms with Crippen LogP contribution in [-0.4, -0.2) is 53.9 Å². The average molecular weight is 338 g/mol. The zero-order chi connectivity index (χ0) is 18.0. The largest absolute Gasteiger partial charge is 0.331 e. The summed E-state index contributed by atoms with van der Waals surface area (Å²) < 4.78 is 0. The number of rotatable bonds is 4. The van der Waals surface area contributed by atoms with Crippen LogP contribution in [0.4, 0.5) is 4.79 Å². The number of carbonyl (C=O) groups excluding carboxylic acids is 2. The van der Waals surface area contributed by atoms with Crippen LogP contribution in [0.1, 0.15) is 18.9 Å². The molecule has 1 aromatic carbocycles. The van der Waals surface area contributed by atoms with Crippen molar-refractivity contribution in [2.24, 2.45) is 15.9 Å². The molecule has 2 aliphatic rings. The first-order chi connectivity index (χ1) is 12.0. The Kier molecular flexibility index (Phi) is 4.79. The van der Waals surface area contributed by atoms with Gasteiger partial charge in [-0.15, -0.1) is 0 Å². The Morgan fingerprint density at radius 1 is 1.12 bits per heavy atom. The van der Waals surface area contributed by atoms with E-state index in [4.69, 9.17) is 4.99 Å². The lowest BCUT2D eigenvalue weighted by Crippen LogP contribution is -2.59. The standard InChI is InChI=1S/C19H22N4O2/c1-13-12-21-17-15(18(24)23(3)19(25)22(17)2)16(13)20-11-7-10-14-8-5-4-6-9-14/h4-6,8-9,12,15H,7,10-11H2,1-3H3. The number of aliphatic imine (C=N–C) groups is 2. The van der Waals surface area contributed by atoms with E-state index in [1.807, 2.05) is 25.1 Å². The molecule has 1 fully saturated rings. The van der Waals surface area contributed by atoms with Crippen molar-refractivity contribution in [3.63, 3.8) is 0 Å². The van der Waals surface area contributed by atoms with Crippen LogP contribution in [0.25, 0.3) is 0 Å². The van der Waals surface area contributed by atoms with Crippen LogP contribution >= 0.6 is 0 Å². The van der Waals surface area contributed by atoms with Crippen molar-refractivity contribution in [1.29, 1.82) is 0 Å². The summed E-state index contributed by atoms with van der Waals surface area (Å²) in [6.45, 7) is 2.54. The normalized spacial score (nSPS) is 22.0. The molecule has 3 amide bonds. The molecular formula is C19H22N4O2. The fourth-order valence-electron chi connectivity index (χ4n) is 3.12. The SMILES string of the molecule is CC1=CN=C2C(C(=O)N(C)C(=O)N2C)C1=NCCCc1ccccc1. The van der Waals surface area contributed by atoms with E-state index in [1.54, 1.807) is 13.2 Å². The number of aryl methyl sites for hydroxylation is 1. The predicted octanol–water partition coefficient (Wildman–Crippen LogP) is 2.52. The third-order valence-electron chi connectivity index (χ3n) is 4.57. The van der Waals surface area contributed by atoms with Crippen LogP contribution in [0.5, 0.6) is 0 Å². The van der Waals surface area contributed by atoms with Crippen molar-refractivity contribution in [3.05, 3.63) is 47.7 Å². The number of hydrogen-bond donors (Lipinski definition) is 0. The molecule has 6 nitrogen and oxygen atoms in total. The highest BCUT2D eigenvalue weighted by atomic mass is 16.2. The van der Waals surface area contributed by atoms with Crippen LogP contribution in [0.3, 0.4) is 0 Å². The first-order valence-corrected chi connectivity index (χ1v) is 8.39. The van der Waals surface area contributed by atoms with Gasteiger partial charge in [0.2, 0.25) is 5.91 Å². The fraction of sp³-hybridized carbons (Fsp3) is 0.368. The van der Waals surface area contributed by atoms with E-state index < -0.39 is 5.92 Å². The molecule has 130 valence electrons. The minimum absolute atomic E-state index is 0.267. The number of fused-ring (bicyclic) bond motifs is 1. The summed E-state index contributed by atoms with van der Waals surface area (Å²) in [6.07, 6.45) is 3.53. The molecule has 0 saturated carbocycles. The molecule has 0 aliphatic carbocycles. The van der Waals surface area contributed by atoms with E-state index in [-0.39, 0.29) is 11.9 Å². The molecule has 6 heteroatoms. The molecule has 25 heavy (non-hydrogen) atoms. The second-order valence-corrected chi connectivity index (χ2v) is 6.33. The van der Waals surface area contributed by atoms with Gasteiger partial charge in [0.25, 0.3) is 0 Å². The van der Waals surface area contributed by atoms with Gasteiger partial charge < -0.3 is 0 Å². The van der Waals surface area contributed by atoms with Crippen LogP contribution < -0.4 is 0 Å². The maximum Gasteiger partial charge on any atom is 0.331 e. The second kappa shape index (κ2) is 7.01. The summed E-state index contributed by atoms with van der Waals surface area (Å²) in [5.41, 5.74) is 2.87. The summed E-state index contributed by atoms with van der Waals surface area (Å²) in [7, 11) is 3.14. The minimum Gasteiger partial charge on any atom is -0.288 e. The lowest BCUT2D eigenvalue weighted by molar-refractivity contribution is -0.128. The van der Waals surface area contributed by atoms with E-state index in [9.17, 15) is 9.59 Å². The van der Waals surface area contributed by atoms with Crippen molar-refractivity contribution < 1.29 is 9.59 Å². The summed E-state index contributed by atoms with van der Waals surface area (Å²) in [5.74, 6) is -0.397. The first kappa shape index (κ1) is 17.1. The molecule has 1 atom stereocenters. The number of urea groups is 1. The Morgan fingerprint density at radius 3 is 2.56 bits per heavy atom. The van der Waals surface area contributed by atoms with E-state index in [0.717, 1.165) is 23.3 Å². The molecule has 1 saturated heterocycles. The van der Waals surface area contributed by atoms with Gasteiger partial charge in [-0.25, -0.2) is 9.79 Å². The summed E-state index contributed by atoms with van der Waals surface area (Å²) in [5, 5.41) is 0. The van der Waals surface area contributed by atoms with Gasteiger partial charge >= 0.3 is 6.03 Å². The van der Waals surface area contributed by atoms with Gasteiger partial charge in [-0.05, 0) is 30.9 Å². The molecule has 0 N–H and O–H groups in total. The quantitative estimate of drug-likeness (QED) is 0.792. The van der Waals surface area contributed by atoms with Gasteiger partial charge in [0.15, 0.2) is 0 Å². The van der Waals surface area contributed by atoms with Gasteiger partial charge in [0.05, 0.1) is 5.71 Å². The smallest absolute Gasteiger partial charge is 0.288 e. The molecule has 1 unspecified atom stereocenters. The molecule has 0 bridgehead atoms. The molecule has 1 aromatic rings. The number of carbonyl (C=O) groups is 2. The number of amidine groups is 1. The number of allylic oxidation sites excluding steroid dienone is 1. The van der Waals surface area contributed by atoms with E-state index in [2.05, 4.69) is 17.1 Å². The monoisotopic (exact) mass is 338 g/mol. The summed E-state index contributed by atoms with van der Waals surface area (Å²) >= 11 is 0. The van der Waals surface area contributed by atoms with Crippen LogP contribution in [0.15, 0.2) is 52.1 Å². The van der Waals surface area contributed by atoms with Crippen LogP contribution in [-0.2, 0) is 11.2 Å². The zero-order valence-corrected chi connectivity index (χ0v) is 14.8. The van der Waals surface area contributed by atoms with Gasteiger partial charge in [0.1, 0.15) is 11.8 Å². The maximum absolute atomic E-state index is 12.6. The van der Waals surface area contributed by atoms with Gasteiger partial charge in [-0.1, -0.05) is 30.3 Å². The molecular weight excluding hydrogens is 316 g/mol. The highest BCUT2D eigenvalue weighted by molar-refractivity contribution is 6.33. The lowest BCUT2D eigenvalue weighted by Gasteiger charge is -2.37. The molecule has 3 rings (SSSR count). The average Bonchev–Trinajstić information content (AvgIpc) is 2.63. The lowest BCUT2D eigenvalue weighted by atomic mass is 9.91. The Hall–Kier alpha value is -2.76. The molecule has 2 aliphatic heterocycles. The van der Waals surface area contributed by atoms with E-state index in [1.165, 1.54) is 17.5 Å². The van der Waals surface area contributed by atoms with Crippen molar-refractivity contribution in [2.45, 2.75) is 19.8 Å². The Balaban J connectivity index is 1.76. The van der Waals surface area contributed by atoms with Gasteiger partial charge in [-0.2, -0.15) is 0 Å². The molecule has 0 radical (unpaired) electrons. The maximum atomic E-state index is 12.6. The van der Waals surface area contributed by atoms with Crippen molar-refractivity contribution in [1.82, 2.24) is 9.80 Å². The number of imide groups is 1. The van der Waals surface area contributed by atoms with Crippen molar-refractivity contribution in [3.8, 4) is 0 Å². The Bertz CT molecular complexity index is 780. The van der Waals surface area contributed by atoms with Crippen LogP contribution in [0, 0.1) is 5.92 Å². The van der Waals surface area contributed by atoms with Crippen molar-refractivity contribution in [2.75, 3.05) is 20.6 Å². The number of hydrogen-bond acceptors (Lipinski definition) is 4. The zero-order valence-electron chi connectivity index (χ0n) is 14.8. The fourth-order valence-corrected chi connectivity index (χ4v) is 3.12. The highest BCUT2D eigenvalue weighted by Crippen LogP contribution is 2.25. The van der Waals surface area contributed by atoms with E-state index in [0.29, 0.717) is 18.1 Å². The minimum atomic E-state index is -0.588. The summed E-state index contributed by atoms with van der Waals surface area (Å²) in [6, 6.07) is 9.90. The second-order valence-electron chi connectivity index (χ2n) is 6.33. The molecule has 0 aromatic heterocycles. The highest BCUT2D eigenvalue weighted by Gasteiger charge is 2.44. The number of benzene rings is 1. The summed E-state index contributed by atoms with van der Waals surface area (Å²) in [4.78, 5) is 36.3. The Labute approximate surface area is 147 Å². The molecule has 2 heterocycles. The Morgan fingerprint density at radius 2 is 1.84 bits per heavy atom. The predicted molar refractivity (Wildman–Crippen MR) is 97.7 cm³/mol. The topological polar surface area (TPSA) is 65.3 Å². The number of amides is 3. The van der Waals surface area contributed by atoms with E-state index >= 15 is 0 Å². The van der Waals surface area contributed by atoms with Gasteiger partial charge in [0, 0.05) is 26.8 Å². The van der Waals surface area contributed by atoms with Crippen LogP contribution in [0.2, 0.25) is 0 Å². The molecule has 0 spiro atoms. The first-order valence-electron chi connectivity index (χ1n) is 8.39. The third-order valence-corrected chi connectivity index (χ3v) is 4.57.